The molecule has 1 aliphatic rings. The third-order valence-corrected chi connectivity index (χ3v) is 4.44. The molecule has 1 aromatic carbocycles. The van der Waals surface area contributed by atoms with Crippen molar-refractivity contribution in [1.82, 2.24) is 4.98 Å². The minimum absolute atomic E-state index is 0.169. The van der Waals surface area contributed by atoms with Crippen LogP contribution in [0.4, 0.5) is 11.4 Å². The van der Waals surface area contributed by atoms with E-state index in [4.69, 9.17) is 0 Å². The van der Waals surface area contributed by atoms with Crippen molar-refractivity contribution in [3.8, 4) is 0 Å². The van der Waals surface area contributed by atoms with E-state index in [-0.39, 0.29) is 5.91 Å². The molecule has 4 nitrogen and oxygen atoms in total. The second-order valence-corrected chi connectivity index (χ2v) is 6.28. The molecule has 1 aromatic heterocycles. The molecule has 0 unspecified atom stereocenters. The Morgan fingerprint density at radius 1 is 1.13 bits per heavy atom. The molecule has 3 rings (SSSR count). The van der Waals surface area contributed by atoms with Crippen LogP contribution in [0.3, 0.4) is 0 Å². The summed E-state index contributed by atoms with van der Waals surface area (Å²) < 4.78 is 0. The standard InChI is InChI=1S/C19H23N3O/c1-13-6-5-7-14(2)18(13)22-19(23)17-12-16(10-11-20-17)21-15-8-3-4-9-15/h5-7,10-12,15H,3-4,8-9H2,1-2H3,(H,20,21)(H,22,23). The number of pyridine rings is 1. The van der Waals surface area contributed by atoms with Gasteiger partial charge in [0, 0.05) is 23.6 Å². The summed E-state index contributed by atoms with van der Waals surface area (Å²) in [4.78, 5) is 16.7. The second kappa shape index (κ2) is 6.82. The third-order valence-electron chi connectivity index (χ3n) is 4.44. The number of nitrogens with one attached hydrogen (secondary N) is 2. The molecule has 0 spiro atoms. The number of anilines is 2. The minimum atomic E-state index is -0.169. The van der Waals surface area contributed by atoms with Crippen molar-refractivity contribution in [1.29, 1.82) is 0 Å². The summed E-state index contributed by atoms with van der Waals surface area (Å²) in [5.74, 6) is -0.169. The van der Waals surface area contributed by atoms with Crippen LogP contribution in [-0.2, 0) is 0 Å². The summed E-state index contributed by atoms with van der Waals surface area (Å²) in [6.07, 6.45) is 6.65. The molecule has 0 aliphatic heterocycles. The summed E-state index contributed by atoms with van der Waals surface area (Å²) in [6, 6.07) is 10.3. The van der Waals surface area contributed by atoms with Gasteiger partial charge >= 0.3 is 0 Å². The number of amides is 1. The molecule has 0 bridgehead atoms. The number of rotatable bonds is 4. The predicted molar refractivity (Wildman–Crippen MR) is 94.0 cm³/mol. The fourth-order valence-corrected chi connectivity index (χ4v) is 3.14. The fraction of sp³-hybridized carbons (Fsp3) is 0.368. The topological polar surface area (TPSA) is 54.0 Å². The molecule has 0 saturated heterocycles. The van der Waals surface area contributed by atoms with Crippen molar-refractivity contribution in [2.75, 3.05) is 10.6 Å². The summed E-state index contributed by atoms with van der Waals surface area (Å²) >= 11 is 0. The zero-order chi connectivity index (χ0) is 16.2. The highest BCUT2D eigenvalue weighted by molar-refractivity contribution is 6.04. The van der Waals surface area contributed by atoms with Gasteiger partial charge in [0.05, 0.1) is 0 Å². The lowest BCUT2D eigenvalue weighted by Crippen LogP contribution is -2.17. The van der Waals surface area contributed by atoms with Crippen molar-refractivity contribution in [2.45, 2.75) is 45.6 Å². The summed E-state index contributed by atoms with van der Waals surface area (Å²) in [7, 11) is 0. The first kappa shape index (κ1) is 15.5. The first-order chi connectivity index (χ1) is 11.1. The molecule has 120 valence electrons. The van der Waals surface area contributed by atoms with Crippen molar-refractivity contribution in [3.63, 3.8) is 0 Å². The summed E-state index contributed by atoms with van der Waals surface area (Å²) in [5, 5.41) is 6.49. The zero-order valence-corrected chi connectivity index (χ0v) is 13.7. The van der Waals surface area contributed by atoms with E-state index < -0.39 is 0 Å². The van der Waals surface area contributed by atoms with E-state index in [1.165, 1.54) is 25.7 Å². The van der Waals surface area contributed by atoms with Gasteiger partial charge in [0.1, 0.15) is 5.69 Å². The summed E-state index contributed by atoms with van der Waals surface area (Å²) in [5.41, 5.74) is 4.39. The molecule has 1 heterocycles. The van der Waals surface area contributed by atoms with E-state index in [1.807, 2.05) is 44.2 Å². The van der Waals surface area contributed by atoms with Crippen LogP contribution in [-0.4, -0.2) is 16.9 Å². The monoisotopic (exact) mass is 309 g/mol. The average molecular weight is 309 g/mol. The van der Waals surface area contributed by atoms with Crippen LogP contribution in [0.1, 0.15) is 47.3 Å². The van der Waals surface area contributed by atoms with Gasteiger partial charge < -0.3 is 10.6 Å². The van der Waals surface area contributed by atoms with Crippen LogP contribution in [0, 0.1) is 13.8 Å². The Morgan fingerprint density at radius 3 is 2.52 bits per heavy atom. The maximum Gasteiger partial charge on any atom is 0.274 e. The Kier molecular flexibility index (Phi) is 4.60. The minimum Gasteiger partial charge on any atom is -0.382 e. The van der Waals surface area contributed by atoms with E-state index in [9.17, 15) is 4.79 Å². The van der Waals surface area contributed by atoms with Gasteiger partial charge in [0.2, 0.25) is 0 Å². The van der Waals surface area contributed by atoms with Crippen LogP contribution >= 0.6 is 0 Å². The number of carbonyl (C=O) groups is 1. The van der Waals surface area contributed by atoms with Gasteiger partial charge in [0.15, 0.2) is 0 Å². The van der Waals surface area contributed by atoms with Crippen LogP contribution in [0.15, 0.2) is 36.5 Å². The highest BCUT2D eigenvalue weighted by Crippen LogP contribution is 2.23. The molecule has 23 heavy (non-hydrogen) atoms. The zero-order valence-electron chi connectivity index (χ0n) is 13.7. The largest absolute Gasteiger partial charge is 0.382 e. The molecule has 1 saturated carbocycles. The molecular formula is C19H23N3O. The Balaban J connectivity index is 1.74. The molecule has 0 radical (unpaired) electrons. The van der Waals surface area contributed by atoms with Crippen molar-refractivity contribution >= 4 is 17.3 Å². The number of para-hydroxylation sites is 1. The van der Waals surface area contributed by atoms with E-state index in [0.717, 1.165) is 22.5 Å². The number of carbonyl (C=O) groups excluding carboxylic acids is 1. The molecule has 1 fully saturated rings. The van der Waals surface area contributed by atoms with Crippen LogP contribution in [0.25, 0.3) is 0 Å². The molecular weight excluding hydrogens is 286 g/mol. The normalized spacial score (nSPS) is 14.7. The van der Waals surface area contributed by atoms with E-state index in [2.05, 4.69) is 15.6 Å². The van der Waals surface area contributed by atoms with Gasteiger partial charge in [-0.15, -0.1) is 0 Å². The van der Waals surface area contributed by atoms with Crippen LogP contribution in [0.2, 0.25) is 0 Å². The molecule has 1 amide bonds. The molecule has 2 N–H and O–H groups in total. The number of aromatic nitrogens is 1. The lowest BCUT2D eigenvalue weighted by Gasteiger charge is -2.14. The van der Waals surface area contributed by atoms with E-state index in [0.29, 0.717) is 11.7 Å². The molecule has 4 heteroatoms. The number of aryl methyl sites for hydroxylation is 2. The van der Waals surface area contributed by atoms with Gasteiger partial charge in [-0.05, 0) is 49.9 Å². The van der Waals surface area contributed by atoms with Gasteiger partial charge in [-0.3, -0.25) is 9.78 Å². The van der Waals surface area contributed by atoms with E-state index >= 15 is 0 Å². The predicted octanol–water partition coefficient (Wildman–Crippen LogP) is 4.31. The highest BCUT2D eigenvalue weighted by atomic mass is 16.1. The Morgan fingerprint density at radius 2 is 1.83 bits per heavy atom. The van der Waals surface area contributed by atoms with E-state index in [1.54, 1.807) is 6.20 Å². The Bertz CT molecular complexity index is 685. The van der Waals surface area contributed by atoms with Gasteiger partial charge in [-0.2, -0.15) is 0 Å². The quantitative estimate of drug-likeness (QED) is 0.885. The Hall–Kier alpha value is -2.36. The molecule has 1 aliphatic carbocycles. The second-order valence-electron chi connectivity index (χ2n) is 6.28. The Labute approximate surface area is 137 Å². The number of hydrogen-bond donors (Lipinski definition) is 2. The van der Waals surface area contributed by atoms with Crippen LogP contribution < -0.4 is 10.6 Å². The maximum atomic E-state index is 12.5. The van der Waals surface area contributed by atoms with Gasteiger partial charge in [-0.25, -0.2) is 0 Å². The SMILES string of the molecule is Cc1cccc(C)c1NC(=O)c1cc(NC2CCCC2)ccn1. The summed E-state index contributed by atoms with van der Waals surface area (Å²) in [6.45, 7) is 3.99. The third kappa shape index (κ3) is 3.70. The number of nitrogens with zero attached hydrogens (tertiary/aromatic N) is 1. The number of benzene rings is 1. The van der Waals surface area contributed by atoms with Gasteiger partial charge in [-0.1, -0.05) is 31.0 Å². The first-order valence-electron chi connectivity index (χ1n) is 8.23. The number of hydrogen-bond acceptors (Lipinski definition) is 3. The van der Waals surface area contributed by atoms with Gasteiger partial charge in [0.25, 0.3) is 5.91 Å². The first-order valence-corrected chi connectivity index (χ1v) is 8.23. The lowest BCUT2D eigenvalue weighted by molar-refractivity contribution is 0.102. The average Bonchev–Trinajstić information content (AvgIpc) is 3.04. The smallest absolute Gasteiger partial charge is 0.274 e. The fourth-order valence-electron chi connectivity index (χ4n) is 3.14. The maximum absolute atomic E-state index is 12.5. The van der Waals surface area contributed by atoms with Crippen molar-refractivity contribution in [2.24, 2.45) is 0 Å². The van der Waals surface area contributed by atoms with Crippen LogP contribution in [0.5, 0.6) is 0 Å². The highest BCUT2D eigenvalue weighted by Gasteiger charge is 2.16. The molecule has 2 aromatic rings. The lowest BCUT2D eigenvalue weighted by atomic mass is 10.1. The molecule has 0 atom stereocenters. The van der Waals surface area contributed by atoms with Crippen molar-refractivity contribution in [3.05, 3.63) is 53.3 Å². The van der Waals surface area contributed by atoms with Crippen molar-refractivity contribution < 1.29 is 4.79 Å².